The van der Waals surface area contributed by atoms with Gasteiger partial charge in [-0.1, -0.05) is 0 Å². The first-order valence-electron chi connectivity index (χ1n) is 11.2. The molecular weight excluding hydrogens is 418 g/mol. The number of amides is 5. The first-order valence-corrected chi connectivity index (χ1v) is 11.2. The third-order valence-corrected chi connectivity index (χ3v) is 7.08. The normalized spacial score (nSPS) is 30.5. The quantitative estimate of drug-likeness (QED) is 0.515. The van der Waals surface area contributed by atoms with E-state index < -0.39 is 18.1 Å². The van der Waals surface area contributed by atoms with Crippen molar-refractivity contribution in [2.24, 2.45) is 5.92 Å². The Morgan fingerprint density at radius 2 is 1.84 bits per heavy atom. The second kappa shape index (κ2) is 9.05. The molecule has 0 aromatic heterocycles. The predicted octanol–water partition coefficient (Wildman–Crippen LogP) is -1.92. The van der Waals surface area contributed by atoms with Gasteiger partial charge in [-0.15, -0.1) is 0 Å². The molecule has 0 radical (unpaired) electrons. The minimum atomic E-state index is -0.726. The average Bonchev–Trinajstić information content (AvgIpc) is 3.35. The summed E-state index contributed by atoms with van der Waals surface area (Å²) in [6.07, 6.45) is 2.03. The van der Waals surface area contributed by atoms with Crippen molar-refractivity contribution in [2.75, 3.05) is 39.9 Å². The number of hydrogen-bond acceptors (Lipinski definition) is 6. The van der Waals surface area contributed by atoms with Gasteiger partial charge in [0.05, 0.1) is 6.04 Å². The van der Waals surface area contributed by atoms with Crippen LogP contribution in [0.15, 0.2) is 0 Å². The standard InChI is InChI=1S/C21H31N5O6/c1-12(27)24-6-3-13(4-7-24)20(30)25-8-5-15-18(25)21(31)26-10-14(22-17(28)11-32-2)9-16(26)19(29)23-15/h13-16,18H,3-11H2,1-2H3,(H,22,28)(H,23,29)/t14-,15-,16+,18-/m0/s1. The van der Waals surface area contributed by atoms with Gasteiger partial charge < -0.3 is 30.1 Å². The Morgan fingerprint density at radius 1 is 1.12 bits per heavy atom. The van der Waals surface area contributed by atoms with Crippen LogP contribution in [0.5, 0.6) is 0 Å². The zero-order valence-electron chi connectivity index (χ0n) is 18.5. The maximum absolute atomic E-state index is 13.5. The van der Waals surface area contributed by atoms with Gasteiger partial charge >= 0.3 is 0 Å². The summed E-state index contributed by atoms with van der Waals surface area (Å²) in [4.78, 5) is 68.0. The molecule has 2 N–H and O–H groups in total. The van der Waals surface area contributed by atoms with Gasteiger partial charge in [0.25, 0.3) is 0 Å². The lowest BCUT2D eigenvalue weighted by atomic mass is 9.94. The molecule has 32 heavy (non-hydrogen) atoms. The molecular formula is C21H31N5O6. The SMILES string of the molecule is COCC(=O)N[C@H]1C[C@@H]2C(=O)N[C@H]3CCN(C(=O)C4CCN(C(C)=O)CC4)[C@@H]3C(=O)N2C1. The highest BCUT2D eigenvalue weighted by atomic mass is 16.5. The third kappa shape index (κ3) is 4.17. The summed E-state index contributed by atoms with van der Waals surface area (Å²) in [6, 6.07) is -2.12. The molecule has 0 spiro atoms. The van der Waals surface area contributed by atoms with Gasteiger partial charge in [0, 0.05) is 52.2 Å². The van der Waals surface area contributed by atoms with Crippen LogP contribution in [0, 0.1) is 5.92 Å². The summed E-state index contributed by atoms with van der Waals surface area (Å²) in [5.41, 5.74) is 0. The Bertz CT molecular complexity index is 811. The molecule has 4 aliphatic rings. The highest BCUT2D eigenvalue weighted by molar-refractivity contribution is 5.97. The lowest BCUT2D eigenvalue weighted by Crippen LogP contribution is -2.54. The van der Waals surface area contributed by atoms with Crippen LogP contribution in [-0.4, -0.2) is 108 Å². The molecule has 4 heterocycles. The molecule has 11 heteroatoms. The molecule has 0 bridgehead atoms. The third-order valence-electron chi connectivity index (χ3n) is 7.08. The number of fused-ring (bicyclic) bond motifs is 2. The van der Waals surface area contributed by atoms with Crippen LogP contribution < -0.4 is 10.6 Å². The molecule has 5 amide bonds. The molecule has 4 aliphatic heterocycles. The van der Waals surface area contributed by atoms with Crippen LogP contribution in [0.1, 0.15) is 32.6 Å². The average molecular weight is 450 g/mol. The molecule has 176 valence electrons. The fourth-order valence-corrected chi connectivity index (χ4v) is 5.45. The number of piperidine rings is 1. The molecule has 0 aromatic rings. The fraction of sp³-hybridized carbons (Fsp3) is 0.762. The summed E-state index contributed by atoms with van der Waals surface area (Å²) in [5.74, 6) is -1.08. The molecule has 4 saturated heterocycles. The molecule has 4 fully saturated rings. The van der Waals surface area contributed by atoms with E-state index in [-0.39, 0.29) is 54.6 Å². The van der Waals surface area contributed by atoms with E-state index in [1.54, 1.807) is 9.80 Å². The minimum absolute atomic E-state index is 0.00557. The first kappa shape index (κ1) is 22.5. The van der Waals surface area contributed by atoms with E-state index in [1.807, 2.05) is 0 Å². The lowest BCUT2D eigenvalue weighted by Gasteiger charge is -2.35. The number of carbonyl (C=O) groups is 5. The van der Waals surface area contributed by atoms with Crippen LogP contribution in [-0.2, 0) is 28.7 Å². The molecule has 0 aliphatic carbocycles. The molecule has 4 atom stereocenters. The zero-order chi connectivity index (χ0) is 23.0. The highest BCUT2D eigenvalue weighted by Crippen LogP contribution is 2.31. The Hall–Kier alpha value is -2.69. The van der Waals surface area contributed by atoms with Crippen molar-refractivity contribution in [3.63, 3.8) is 0 Å². The Kier molecular flexibility index (Phi) is 6.36. The van der Waals surface area contributed by atoms with Crippen LogP contribution in [0.4, 0.5) is 0 Å². The summed E-state index contributed by atoms with van der Waals surface area (Å²) in [6.45, 7) is 3.16. The van der Waals surface area contributed by atoms with Gasteiger partial charge in [-0.25, -0.2) is 0 Å². The summed E-state index contributed by atoms with van der Waals surface area (Å²) in [7, 11) is 1.43. The van der Waals surface area contributed by atoms with Crippen molar-refractivity contribution in [1.82, 2.24) is 25.3 Å². The number of ether oxygens (including phenoxy) is 1. The van der Waals surface area contributed by atoms with E-state index in [0.717, 1.165) is 0 Å². The number of likely N-dealkylation sites (tertiary alicyclic amines) is 2. The van der Waals surface area contributed by atoms with E-state index in [0.29, 0.717) is 45.3 Å². The molecule has 11 nitrogen and oxygen atoms in total. The number of methoxy groups -OCH3 is 1. The zero-order valence-corrected chi connectivity index (χ0v) is 18.5. The Balaban J connectivity index is 1.45. The van der Waals surface area contributed by atoms with E-state index in [2.05, 4.69) is 10.6 Å². The van der Waals surface area contributed by atoms with Gasteiger partial charge in [-0.3, -0.25) is 24.0 Å². The topological polar surface area (TPSA) is 128 Å². The lowest BCUT2D eigenvalue weighted by molar-refractivity contribution is -0.148. The summed E-state index contributed by atoms with van der Waals surface area (Å²) in [5, 5.41) is 5.77. The molecule has 0 aromatic carbocycles. The first-order chi connectivity index (χ1) is 15.3. The number of nitrogens with one attached hydrogen (secondary N) is 2. The van der Waals surface area contributed by atoms with Crippen LogP contribution in [0.3, 0.4) is 0 Å². The van der Waals surface area contributed by atoms with Gasteiger partial charge in [-0.05, 0) is 25.7 Å². The second-order valence-electron chi connectivity index (χ2n) is 9.10. The van der Waals surface area contributed by atoms with Gasteiger partial charge in [0.2, 0.25) is 29.5 Å². The summed E-state index contributed by atoms with van der Waals surface area (Å²) < 4.78 is 4.83. The minimum Gasteiger partial charge on any atom is -0.375 e. The van der Waals surface area contributed by atoms with Crippen LogP contribution in [0.25, 0.3) is 0 Å². The fourth-order valence-electron chi connectivity index (χ4n) is 5.45. The highest BCUT2D eigenvalue weighted by Gasteiger charge is 2.53. The maximum Gasteiger partial charge on any atom is 0.248 e. The van der Waals surface area contributed by atoms with Crippen molar-refractivity contribution in [3.05, 3.63) is 0 Å². The number of hydrogen-bond donors (Lipinski definition) is 2. The maximum atomic E-state index is 13.5. The Labute approximate surface area is 186 Å². The second-order valence-corrected chi connectivity index (χ2v) is 9.10. The van der Waals surface area contributed by atoms with Crippen molar-refractivity contribution < 1.29 is 28.7 Å². The Morgan fingerprint density at radius 3 is 2.50 bits per heavy atom. The number of rotatable bonds is 4. The van der Waals surface area contributed by atoms with E-state index in [9.17, 15) is 24.0 Å². The van der Waals surface area contributed by atoms with Crippen LogP contribution in [0.2, 0.25) is 0 Å². The van der Waals surface area contributed by atoms with Crippen molar-refractivity contribution >= 4 is 29.5 Å². The monoisotopic (exact) mass is 449 g/mol. The molecule has 0 saturated carbocycles. The number of carbonyl (C=O) groups excluding carboxylic acids is 5. The smallest absolute Gasteiger partial charge is 0.248 e. The number of nitrogens with zero attached hydrogens (tertiary/aromatic N) is 3. The van der Waals surface area contributed by atoms with Gasteiger partial charge in [0.15, 0.2) is 0 Å². The van der Waals surface area contributed by atoms with Gasteiger partial charge in [0.1, 0.15) is 18.7 Å². The summed E-state index contributed by atoms with van der Waals surface area (Å²) >= 11 is 0. The van der Waals surface area contributed by atoms with Crippen molar-refractivity contribution in [3.8, 4) is 0 Å². The molecule has 4 rings (SSSR count). The van der Waals surface area contributed by atoms with E-state index in [1.165, 1.54) is 18.9 Å². The van der Waals surface area contributed by atoms with E-state index in [4.69, 9.17) is 4.74 Å². The van der Waals surface area contributed by atoms with Crippen LogP contribution >= 0.6 is 0 Å². The van der Waals surface area contributed by atoms with Gasteiger partial charge in [-0.2, -0.15) is 0 Å². The largest absolute Gasteiger partial charge is 0.375 e. The van der Waals surface area contributed by atoms with E-state index >= 15 is 0 Å². The predicted molar refractivity (Wildman–Crippen MR) is 111 cm³/mol. The van der Waals surface area contributed by atoms with Crippen molar-refractivity contribution in [2.45, 2.75) is 56.8 Å². The van der Waals surface area contributed by atoms with Crippen molar-refractivity contribution in [1.29, 1.82) is 0 Å². The molecule has 0 unspecified atom stereocenters.